The van der Waals surface area contributed by atoms with E-state index in [-0.39, 0.29) is 29.4 Å². The van der Waals surface area contributed by atoms with Crippen molar-refractivity contribution in [3.8, 4) is 0 Å². The first-order valence-corrected chi connectivity index (χ1v) is 10.5. The summed E-state index contributed by atoms with van der Waals surface area (Å²) in [6, 6.07) is 15.2. The van der Waals surface area contributed by atoms with Crippen LogP contribution < -0.4 is 16.0 Å². The molecule has 0 unspecified atom stereocenters. The average Bonchev–Trinajstić information content (AvgIpc) is 2.70. The molecule has 2 aromatic carbocycles. The quantitative estimate of drug-likeness (QED) is 0.650. The summed E-state index contributed by atoms with van der Waals surface area (Å²) in [6.45, 7) is 1.97. The highest BCUT2D eigenvalue weighted by molar-refractivity contribution is 7.80. The van der Waals surface area contributed by atoms with Gasteiger partial charge in [0.1, 0.15) is 0 Å². The predicted octanol–water partition coefficient (Wildman–Crippen LogP) is 4.11. The minimum absolute atomic E-state index is 0.117. The highest BCUT2D eigenvalue weighted by Gasteiger charge is 2.19. The third-order valence-corrected chi connectivity index (χ3v) is 5.43. The molecule has 6 heteroatoms. The van der Waals surface area contributed by atoms with Crippen molar-refractivity contribution < 1.29 is 9.59 Å². The zero-order valence-corrected chi connectivity index (χ0v) is 17.5. The van der Waals surface area contributed by atoms with Crippen LogP contribution in [0, 0.1) is 6.92 Å². The molecule has 1 fully saturated rings. The summed E-state index contributed by atoms with van der Waals surface area (Å²) in [7, 11) is 0. The first-order valence-electron chi connectivity index (χ1n) is 10.1. The Morgan fingerprint density at radius 2 is 1.69 bits per heavy atom. The Balaban J connectivity index is 1.59. The molecule has 29 heavy (non-hydrogen) atoms. The number of amides is 2. The summed E-state index contributed by atoms with van der Waals surface area (Å²) in [5.74, 6) is -0.310. The number of hydrogen-bond acceptors (Lipinski definition) is 3. The smallest absolute Gasteiger partial charge is 0.253 e. The molecule has 1 aliphatic rings. The van der Waals surface area contributed by atoms with Gasteiger partial charge in [-0.25, -0.2) is 0 Å². The van der Waals surface area contributed by atoms with E-state index >= 15 is 0 Å². The third kappa shape index (κ3) is 6.12. The molecule has 0 radical (unpaired) electrons. The average molecular weight is 410 g/mol. The second-order valence-electron chi connectivity index (χ2n) is 7.46. The Morgan fingerprint density at radius 1 is 1.00 bits per heavy atom. The van der Waals surface area contributed by atoms with Crippen molar-refractivity contribution in [1.29, 1.82) is 0 Å². The maximum Gasteiger partial charge on any atom is 0.253 e. The van der Waals surface area contributed by atoms with Gasteiger partial charge in [-0.05, 0) is 55.2 Å². The van der Waals surface area contributed by atoms with Gasteiger partial charge in [0.15, 0.2) is 5.11 Å². The van der Waals surface area contributed by atoms with Crippen LogP contribution in [-0.2, 0) is 11.2 Å². The zero-order valence-electron chi connectivity index (χ0n) is 16.7. The summed E-state index contributed by atoms with van der Waals surface area (Å²) in [5.41, 5.74) is 3.13. The Bertz CT molecular complexity index is 891. The lowest BCUT2D eigenvalue weighted by Crippen LogP contribution is -2.38. The number of para-hydroxylation sites is 1. The number of anilines is 1. The zero-order chi connectivity index (χ0) is 20.6. The predicted molar refractivity (Wildman–Crippen MR) is 120 cm³/mol. The van der Waals surface area contributed by atoms with Gasteiger partial charge in [0.2, 0.25) is 5.91 Å². The van der Waals surface area contributed by atoms with E-state index in [9.17, 15) is 9.59 Å². The van der Waals surface area contributed by atoms with Crippen molar-refractivity contribution in [1.82, 2.24) is 10.6 Å². The van der Waals surface area contributed by atoms with Crippen LogP contribution in [0.4, 0.5) is 5.69 Å². The summed E-state index contributed by atoms with van der Waals surface area (Å²) in [5, 5.41) is 9.00. The number of aryl methyl sites for hydroxylation is 1. The summed E-state index contributed by atoms with van der Waals surface area (Å²) in [4.78, 5) is 25.1. The molecule has 2 aromatic rings. The van der Waals surface area contributed by atoms with E-state index in [1.807, 2.05) is 43.3 Å². The molecule has 1 saturated carbocycles. The Labute approximate surface area is 177 Å². The second kappa shape index (κ2) is 10.2. The number of thiocarbonyl (C=S) groups is 1. The molecule has 0 heterocycles. The molecule has 152 valence electrons. The summed E-state index contributed by atoms with van der Waals surface area (Å²) < 4.78 is 0. The van der Waals surface area contributed by atoms with Crippen LogP contribution in [-0.4, -0.2) is 23.0 Å². The van der Waals surface area contributed by atoms with Gasteiger partial charge in [0.05, 0.1) is 17.7 Å². The van der Waals surface area contributed by atoms with Crippen molar-refractivity contribution in [3.05, 3.63) is 65.2 Å². The van der Waals surface area contributed by atoms with Crippen molar-refractivity contribution >= 4 is 34.8 Å². The van der Waals surface area contributed by atoms with E-state index in [0.29, 0.717) is 11.3 Å². The SMILES string of the molecule is Cc1ccccc1CC(=O)NC(=S)Nc1ccccc1C(=O)NC1CCCCC1. The van der Waals surface area contributed by atoms with Crippen molar-refractivity contribution in [2.45, 2.75) is 51.5 Å². The van der Waals surface area contributed by atoms with Crippen LogP contribution >= 0.6 is 12.2 Å². The minimum Gasteiger partial charge on any atom is -0.349 e. The van der Waals surface area contributed by atoms with Crippen molar-refractivity contribution in [3.63, 3.8) is 0 Å². The topological polar surface area (TPSA) is 70.2 Å². The molecular weight excluding hydrogens is 382 g/mol. The Kier molecular flexibility index (Phi) is 7.36. The molecule has 0 bridgehead atoms. The van der Waals surface area contributed by atoms with Crippen LogP contribution in [0.25, 0.3) is 0 Å². The highest BCUT2D eigenvalue weighted by Crippen LogP contribution is 2.20. The lowest BCUT2D eigenvalue weighted by atomic mass is 9.95. The number of hydrogen-bond donors (Lipinski definition) is 3. The fourth-order valence-electron chi connectivity index (χ4n) is 3.61. The van der Waals surface area contributed by atoms with E-state index < -0.39 is 0 Å². The van der Waals surface area contributed by atoms with Gasteiger partial charge in [-0.1, -0.05) is 55.7 Å². The second-order valence-corrected chi connectivity index (χ2v) is 7.87. The first-order chi connectivity index (χ1) is 14.0. The number of carbonyl (C=O) groups is 2. The van der Waals surface area contributed by atoms with Gasteiger partial charge < -0.3 is 16.0 Å². The normalized spacial score (nSPS) is 14.1. The molecule has 0 spiro atoms. The third-order valence-electron chi connectivity index (χ3n) is 5.23. The summed E-state index contributed by atoms with van der Waals surface area (Å²) in [6.07, 6.45) is 5.84. The van der Waals surface area contributed by atoms with E-state index in [0.717, 1.165) is 36.8 Å². The van der Waals surface area contributed by atoms with E-state index in [1.54, 1.807) is 12.1 Å². The van der Waals surface area contributed by atoms with Crippen LogP contribution in [0.15, 0.2) is 48.5 Å². The number of benzene rings is 2. The van der Waals surface area contributed by atoms with Gasteiger partial charge in [-0.15, -0.1) is 0 Å². The molecule has 5 nitrogen and oxygen atoms in total. The van der Waals surface area contributed by atoms with Gasteiger partial charge in [0, 0.05) is 6.04 Å². The molecule has 0 saturated heterocycles. The molecule has 3 N–H and O–H groups in total. The molecule has 3 rings (SSSR count). The number of carbonyl (C=O) groups excluding carboxylic acids is 2. The van der Waals surface area contributed by atoms with Gasteiger partial charge in [-0.2, -0.15) is 0 Å². The monoisotopic (exact) mass is 409 g/mol. The van der Waals surface area contributed by atoms with Crippen LogP contribution in [0.3, 0.4) is 0 Å². The largest absolute Gasteiger partial charge is 0.349 e. The lowest BCUT2D eigenvalue weighted by Gasteiger charge is -2.23. The number of nitrogens with one attached hydrogen (secondary N) is 3. The fraction of sp³-hybridized carbons (Fsp3) is 0.348. The van der Waals surface area contributed by atoms with Gasteiger partial charge >= 0.3 is 0 Å². The molecule has 0 aliphatic heterocycles. The minimum atomic E-state index is -0.194. The van der Waals surface area contributed by atoms with Gasteiger partial charge in [-0.3, -0.25) is 9.59 Å². The maximum absolute atomic E-state index is 12.7. The molecule has 0 aromatic heterocycles. The summed E-state index contributed by atoms with van der Waals surface area (Å²) >= 11 is 5.29. The Morgan fingerprint density at radius 3 is 2.45 bits per heavy atom. The molecular formula is C23H27N3O2S. The number of rotatable bonds is 5. The fourth-order valence-corrected chi connectivity index (χ4v) is 3.83. The maximum atomic E-state index is 12.7. The van der Waals surface area contributed by atoms with Crippen molar-refractivity contribution in [2.24, 2.45) is 0 Å². The van der Waals surface area contributed by atoms with Crippen LogP contribution in [0.2, 0.25) is 0 Å². The standard InChI is InChI=1S/C23H27N3O2S/c1-16-9-5-6-10-17(16)15-21(27)26-23(29)25-20-14-8-7-13-19(20)22(28)24-18-11-3-2-4-12-18/h5-10,13-14,18H,2-4,11-12,15H2,1H3,(H,24,28)(H2,25,26,27,29). The van der Waals surface area contributed by atoms with Gasteiger partial charge in [0.25, 0.3) is 5.91 Å². The van der Waals surface area contributed by atoms with E-state index in [2.05, 4.69) is 16.0 Å². The Hall–Kier alpha value is -2.73. The lowest BCUT2D eigenvalue weighted by molar-refractivity contribution is -0.119. The van der Waals surface area contributed by atoms with E-state index in [1.165, 1.54) is 6.42 Å². The van der Waals surface area contributed by atoms with Crippen molar-refractivity contribution in [2.75, 3.05) is 5.32 Å². The highest BCUT2D eigenvalue weighted by atomic mass is 32.1. The molecule has 2 amide bonds. The first kappa shape index (κ1) is 21.0. The molecule has 1 aliphatic carbocycles. The van der Waals surface area contributed by atoms with E-state index in [4.69, 9.17) is 12.2 Å². The molecule has 0 atom stereocenters. The van der Waals surface area contributed by atoms with Crippen LogP contribution in [0.1, 0.15) is 53.6 Å². The van der Waals surface area contributed by atoms with Crippen LogP contribution in [0.5, 0.6) is 0 Å².